The van der Waals surface area contributed by atoms with Gasteiger partial charge in [0, 0.05) is 18.3 Å². The Morgan fingerprint density at radius 1 is 1.38 bits per heavy atom. The number of nitrogens with zero attached hydrogens (tertiary/aromatic N) is 3. The van der Waals surface area contributed by atoms with Crippen LogP contribution in [0.15, 0.2) is 28.9 Å². The Kier molecular flexibility index (Phi) is 3.80. The van der Waals surface area contributed by atoms with Gasteiger partial charge in [-0.15, -0.1) is 0 Å². The number of carbonyl (C=O) groups is 1. The van der Waals surface area contributed by atoms with Gasteiger partial charge in [-0.1, -0.05) is 0 Å². The van der Waals surface area contributed by atoms with Gasteiger partial charge in [-0.2, -0.15) is 4.39 Å². The average Bonchev–Trinajstić information content (AvgIpc) is 3.09. The van der Waals surface area contributed by atoms with Gasteiger partial charge in [-0.25, -0.2) is 9.97 Å². The number of nitrogens with one attached hydrogen (secondary N) is 1. The van der Waals surface area contributed by atoms with Gasteiger partial charge in [0.25, 0.3) is 5.89 Å². The molecular weight excluding hydrogens is 311 g/mol. The number of halogens is 1. The molecule has 2 aromatic rings. The smallest absolute Gasteiger partial charge is 0.307 e. The monoisotopic (exact) mass is 330 g/mol. The number of carbonyl (C=O) groups excluding carboxylic acids is 1. The summed E-state index contributed by atoms with van der Waals surface area (Å²) >= 11 is 0. The first-order valence-electron chi connectivity index (χ1n) is 8.25. The molecule has 126 valence electrons. The summed E-state index contributed by atoms with van der Waals surface area (Å²) in [6, 6.07) is 3.56. The second-order valence-electron chi connectivity index (χ2n) is 6.48. The second-order valence-corrected chi connectivity index (χ2v) is 6.48. The number of fused-ring (bicyclic) bond motifs is 3. The number of piperidine rings is 3. The number of hydrogen-bond acceptors (Lipinski definition) is 5. The first-order valence-corrected chi connectivity index (χ1v) is 8.25. The van der Waals surface area contributed by atoms with Crippen molar-refractivity contribution in [3.8, 4) is 11.3 Å². The van der Waals surface area contributed by atoms with E-state index in [1.54, 1.807) is 12.1 Å². The molecular formula is C17H19FN4O2. The van der Waals surface area contributed by atoms with Crippen LogP contribution < -0.4 is 5.32 Å². The molecule has 0 radical (unpaired) electrons. The lowest BCUT2D eigenvalue weighted by Gasteiger charge is -2.49. The van der Waals surface area contributed by atoms with Crippen LogP contribution in [0.4, 0.5) is 4.39 Å². The molecule has 2 bridgehead atoms. The molecule has 3 aliphatic rings. The van der Waals surface area contributed by atoms with Crippen molar-refractivity contribution in [2.45, 2.75) is 31.8 Å². The van der Waals surface area contributed by atoms with E-state index in [1.807, 2.05) is 0 Å². The largest absolute Gasteiger partial charge is 0.432 e. The van der Waals surface area contributed by atoms with Gasteiger partial charge in [-0.3, -0.25) is 9.69 Å². The molecule has 24 heavy (non-hydrogen) atoms. The van der Waals surface area contributed by atoms with Crippen molar-refractivity contribution in [2.75, 3.05) is 13.1 Å². The zero-order valence-corrected chi connectivity index (χ0v) is 13.4. The van der Waals surface area contributed by atoms with E-state index in [0.29, 0.717) is 12.0 Å². The van der Waals surface area contributed by atoms with E-state index >= 15 is 0 Å². The van der Waals surface area contributed by atoms with E-state index in [9.17, 15) is 9.18 Å². The fraction of sp³-hybridized carbons (Fsp3) is 0.471. The van der Waals surface area contributed by atoms with Crippen molar-refractivity contribution in [3.05, 3.63) is 36.4 Å². The first kappa shape index (κ1) is 15.3. The molecule has 1 amide bonds. The standard InChI is InChI=1S/C17H19FN4O2/c1-10-14(11-4-7-22(10)8-5-11)21-16(23)17-20-9-13(24-17)12-3-2-6-19-15(12)18/h2-3,6,9-11,14H,4-5,7-8H2,1H3,(H,21,23)/t10-,14+/m1/s1. The minimum Gasteiger partial charge on any atom is -0.432 e. The predicted octanol–water partition coefficient (Wildman–Crippen LogP) is 2.09. The molecule has 6 nitrogen and oxygen atoms in total. The molecule has 3 saturated heterocycles. The zero-order chi connectivity index (χ0) is 16.7. The average molecular weight is 330 g/mol. The first-order chi connectivity index (χ1) is 11.6. The molecule has 7 heteroatoms. The summed E-state index contributed by atoms with van der Waals surface area (Å²) in [6.45, 7) is 4.34. The third-order valence-corrected chi connectivity index (χ3v) is 5.20. The summed E-state index contributed by atoms with van der Waals surface area (Å²) in [5.41, 5.74) is 0.195. The van der Waals surface area contributed by atoms with Crippen LogP contribution in [0.25, 0.3) is 11.3 Å². The molecule has 5 rings (SSSR count). The fourth-order valence-electron chi connectivity index (χ4n) is 3.83. The van der Waals surface area contributed by atoms with E-state index in [4.69, 9.17) is 4.42 Å². The molecule has 5 heterocycles. The van der Waals surface area contributed by atoms with Crippen molar-refractivity contribution < 1.29 is 13.6 Å². The topological polar surface area (TPSA) is 71.3 Å². The number of amides is 1. The molecule has 0 spiro atoms. The van der Waals surface area contributed by atoms with E-state index < -0.39 is 5.95 Å². The van der Waals surface area contributed by atoms with E-state index in [-0.39, 0.29) is 29.2 Å². The maximum atomic E-state index is 13.7. The lowest BCUT2D eigenvalue weighted by molar-refractivity contribution is 0.0210. The van der Waals surface area contributed by atoms with Crippen molar-refractivity contribution in [2.24, 2.45) is 5.92 Å². The van der Waals surface area contributed by atoms with Crippen molar-refractivity contribution in [3.63, 3.8) is 0 Å². The van der Waals surface area contributed by atoms with Crippen LogP contribution in [0.5, 0.6) is 0 Å². The van der Waals surface area contributed by atoms with Crippen LogP contribution in [-0.2, 0) is 0 Å². The maximum absolute atomic E-state index is 13.7. The molecule has 3 fully saturated rings. The van der Waals surface area contributed by atoms with Gasteiger partial charge in [0.1, 0.15) is 0 Å². The summed E-state index contributed by atoms with van der Waals surface area (Å²) in [6.07, 6.45) is 4.92. The molecule has 0 unspecified atom stereocenters. The molecule has 1 N–H and O–H groups in total. The summed E-state index contributed by atoms with van der Waals surface area (Å²) in [4.78, 5) is 22.4. The normalized spacial score (nSPS) is 28.8. The van der Waals surface area contributed by atoms with Crippen LogP contribution >= 0.6 is 0 Å². The summed E-state index contributed by atoms with van der Waals surface area (Å²) in [5, 5.41) is 3.05. The lowest BCUT2D eigenvalue weighted by atomic mass is 9.79. The Morgan fingerprint density at radius 3 is 2.88 bits per heavy atom. The molecule has 2 aromatic heterocycles. The Morgan fingerprint density at radius 2 is 2.17 bits per heavy atom. The minimum absolute atomic E-state index is 0.0445. The van der Waals surface area contributed by atoms with Gasteiger partial charge in [0.15, 0.2) is 5.76 Å². The fourth-order valence-corrected chi connectivity index (χ4v) is 3.83. The minimum atomic E-state index is -0.647. The van der Waals surface area contributed by atoms with Gasteiger partial charge < -0.3 is 9.73 Å². The molecule has 0 aliphatic carbocycles. The van der Waals surface area contributed by atoms with E-state index in [2.05, 4.69) is 27.1 Å². The Labute approximate surface area is 139 Å². The van der Waals surface area contributed by atoms with Crippen LogP contribution in [-0.4, -0.2) is 45.9 Å². The third-order valence-electron chi connectivity index (χ3n) is 5.20. The zero-order valence-electron chi connectivity index (χ0n) is 13.4. The molecule has 2 atom stereocenters. The lowest BCUT2D eigenvalue weighted by Crippen LogP contribution is -2.62. The quantitative estimate of drug-likeness (QED) is 0.873. The highest BCUT2D eigenvalue weighted by Gasteiger charge is 2.40. The predicted molar refractivity (Wildman–Crippen MR) is 84.7 cm³/mol. The van der Waals surface area contributed by atoms with Crippen molar-refractivity contribution in [1.29, 1.82) is 0 Å². The number of rotatable bonds is 3. The van der Waals surface area contributed by atoms with Crippen LogP contribution in [0.1, 0.15) is 30.5 Å². The molecule has 0 aromatic carbocycles. The second kappa shape index (κ2) is 5.98. The van der Waals surface area contributed by atoms with Crippen LogP contribution in [0.3, 0.4) is 0 Å². The van der Waals surface area contributed by atoms with Gasteiger partial charge in [-0.05, 0) is 50.9 Å². The number of oxazole rings is 1. The number of pyridine rings is 1. The maximum Gasteiger partial charge on any atom is 0.307 e. The van der Waals surface area contributed by atoms with Crippen LogP contribution in [0, 0.1) is 11.9 Å². The Hall–Kier alpha value is -2.28. The summed E-state index contributed by atoms with van der Waals surface area (Å²) in [5.74, 6) is -0.341. The Balaban J connectivity index is 1.51. The van der Waals surface area contributed by atoms with Crippen molar-refractivity contribution >= 4 is 5.91 Å². The SMILES string of the molecule is C[C@@H]1[C@H](NC(=O)c2ncc(-c3cccnc3F)o2)C2CCN1CC2. The molecule has 3 aliphatic heterocycles. The van der Waals surface area contributed by atoms with Gasteiger partial charge in [0.05, 0.1) is 11.8 Å². The third kappa shape index (κ3) is 2.58. The Bertz CT molecular complexity index is 753. The highest BCUT2D eigenvalue weighted by Crippen LogP contribution is 2.32. The summed E-state index contributed by atoms with van der Waals surface area (Å²) in [7, 11) is 0. The van der Waals surface area contributed by atoms with Crippen LogP contribution in [0.2, 0.25) is 0 Å². The van der Waals surface area contributed by atoms with Gasteiger partial charge in [0.2, 0.25) is 5.95 Å². The van der Waals surface area contributed by atoms with E-state index in [1.165, 1.54) is 12.4 Å². The van der Waals surface area contributed by atoms with Crippen molar-refractivity contribution in [1.82, 2.24) is 20.2 Å². The van der Waals surface area contributed by atoms with E-state index in [0.717, 1.165) is 25.9 Å². The highest BCUT2D eigenvalue weighted by molar-refractivity contribution is 5.90. The molecule has 0 saturated carbocycles. The summed E-state index contributed by atoms with van der Waals surface area (Å²) < 4.78 is 19.2. The number of aromatic nitrogens is 2. The number of hydrogen-bond donors (Lipinski definition) is 1. The van der Waals surface area contributed by atoms with Gasteiger partial charge >= 0.3 is 5.91 Å². The highest BCUT2D eigenvalue weighted by atomic mass is 19.1.